The SMILES string of the molecule is O=C(O)/C(=C/c1ccccc1OCc1ccc(Br)cc1)Sc1nnc(-c2ccc(Cl)cc2)o1. The number of carboxylic acids is 1. The Morgan fingerprint density at radius 2 is 1.79 bits per heavy atom. The van der Waals surface area contributed by atoms with Crippen molar-refractivity contribution in [3.8, 4) is 17.2 Å². The van der Waals surface area contributed by atoms with Crippen LogP contribution in [-0.4, -0.2) is 21.3 Å². The van der Waals surface area contributed by atoms with Crippen LogP contribution in [0.25, 0.3) is 17.5 Å². The summed E-state index contributed by atoms with van der Waals surface area (Å²) in [5.74, 6) is -0.279. The van der Waals surface area contributed by atoms with Gasteiger partial charge in [0.2, 0.25) is 5.89 Å². The van der Waals surface area contributed by atoms with Gasteiger partial charge in [-0.2, -0.15) is 0 Å². The van der Waals surface area contributed by atoms with Crippen LogP contribution in [0.15, 0.2) is 91.8 Å². The number of ether oxygens (including phenoxy) is 1. The first kappa shape index (κ1) is 23.1. The number of hydrogen-bond donors (Lipinski definition) is 1. The van der Waals surface area contributed by atoms with Crippen LogP contribution in [0.3, 0.4) is 0 Å². The molecule has 1 aromatic heterocycles. The van der Waals surface area contributed by atoms with E-state index in [-0.39, 0.29) is 16.0 Å². The zero-order chi connectivity index (χ0) is 23.2. The molecular formula is C24H16BrClN2O4S. The first-order valence-electron chi connectivity index (χ1n) is 9.66. The predicted molar refractivity (Wildman–Crippen MR) is 131 cm³/mol. The summed E-state index contributed by atoms with van der Waals surface area (Å²) in [4.78, 5) is 11.9. The van der Waals surface area contributed by atoms with Gasteiger partial charge in [-0.25, -0.2) is 4.79 Å². The van der Waals surface area contributed by atoms with E-state index in [1.165, 1.54) is 6.08 Å². The smallest absolute Gasteiger partial charge is 0.342 e. The lowest BCUT2D eigenvalue weighted by molar-refractivity contribution is -0.131. The third-order valence-corrected chi connectivity index (χ3v) is 6.05. The van der Waals surface area contributed by atoms with Crippen LogP contribution in [0.5, 0.6) is 5.75 Å². The molecule has 0 saturated carbocycles. The van der Waals surface area contributed by atoms with Crippen molar-refractivity contribution < 1.29 is 19.1 Å². The van der Waals surface area contributed by atoms with Crippen LogP contribution in [0.2, 0.25) is 5.02 Å². The van der Waals surface area contributed by atoms with Crippen molar-refractivity contribution in [1.82, 2.24) is 10.2 Å². The number of nitrogens with zero attached hydrogens (tertiary/aromatic N) is 2. The average Bonchev–Trinajstić information content (AvgIpc) is 3.28. The fourth-order valence-electron chi connectivity index (χ4n) is 2.80. The van der Waals surface area contributed by atoms with Crippen molar-refractivity contribution in [1.29, 1.82) is 0 Å². The number of thioether (sulfide) groups is 1. The molecule has 1 heterocycles. The monoisotopic (exact) mass is 542 g/mol. The van der Waals surface area contributed by atoms with Gasteiger partial charge in [-0.15, -0.1) is 10.2 Å². The number of halogens is 2. The Morgan fingerprint density at radius 1 is 1.06 bits per heavy atom. The van der Waals surface area contributed by atoms with Gasteiger partial charge in [-0.1, -0.05) is 57.9 Å². The van der Waals surface area contributed by atoms with Crippen LogP contribution < -0.4 is 4.74 Å². The molecule has 0 aliphatic rings. The maximum Gasteiger partial charge on any atom is 0.342 e. The zero-order valence-corrected chi connectivity index (χ0v) is 20.1. The molecule has 4 aromatic rings. The molecule has 0 aliphatic carbocycles. The molecule has 0 bridgehead atoms. The highest BCUT2D eigenvalue weighted by molar-refractivity contribution is 9.10. The molecule has 33 heavy (non-hydrogen) atoms. The number of aliphatic carboxylic acids is 1. The molecule has 9 heteroatoms. The van der Waals surface area contributed by atoms with Crippen molar-refractivity contribution >= 4 is 51.3 Å². The summed E-state index contributed by atoms with van der Waals surface area (Å²) in [7, 11) is 0. The molecule has 0 saturated heterocycles. The van der Waals surface area contributed by atoms with E-state index >= 15 is 0 Å². The predicted octanol–water partition coefficient (Wildman–Crippen LogP) is 6.95. The quantitative estimate of drug-likeness (QED) is 0.190. The molecule has 0 fully saturated rings. The third kappa shape index (κ3) is 6.25. The standard InChI is InChI=1S/C24H16BrClN2O4S/c25-18-9-5-15(6-10-18)14-31-20-4-2-1-3-17(20)13-21(23(29)30)33-24-28-27-22(32-24)16-7-11-19(26)12-8-16/h1-13H,14H2,(H,29,30)/b21-13-. The summed E-state index contributed by atoms with van der Waals surface area (Å²) in [5, 5.41) is 18.4. The molecular weight excluding hydrogens is 528 g/mol. The van der Waals surface area contributed by atoms with Gasteiger partial charge in [0.05, 0.1) is 0 Å². The average molecular weight is 544 g/mol. The van der Waals surface area contributed by atoms with Gasteiger partial charge in [0.15, 0.2) is 0 Å². The van der Waals surface area contributed by atoms with Crippen LogP contribution in [0.4, 0.5) is 0 Å². The van der Waals surface area contributed by atoms with Gasteiger partial charge in [-0.05, 0) is 65.9 Å². The van der Waals surface area contributed by atoms with E-state index in [1.54, 1.807) is 36.4 Å². The van der Waals surface area contributed by atoms with E-state index in [4.69, 9.17) is 20.8 Å². The molecule has 0 spiro atoms. The first-order chi connectivity index (χ1) is 16.0. The van der Waals surface area contributed by atoms with Crippen LogP contribution in [0.1, 0.15) is 11.1 Å². The maximum absolute atomic E-state index is 11.9. The molecule has 0 aliphatic heterocycles. The molecule has 0 radical (unpaired) electrons. The second-order valence-corrected chi connectivity index (χ2v) is 9.09. The van der Waals surface area contributed by atoms with Gasteiger partial charge in [0.25, 0.3) is 5.22 Å². The number of aromatic nitrogens is 2. The molecule has 0 amide bonds. The van der Waals surface area contributed by atoms with Gasteiger partial charge in [-0.3, -0.25) is 0 Å². The Hall–Kier alpha value is -3.07. The highest BCUT2D eigenvalue weighted by atomic mass is 79.9. The highest BCUT2D eigenvalue weighted by Crippen LogP contribution is 2.32. The number of rotatable bonds is 8. The molecule has 0 unspecified atom stereocenters. The summed E-state index contributed by atoms with van der Waals surface area (Å²) in [6.45, 7) is 0.349. The van der Waals surface area contributed by atoms with Gasteiger partial charge < -0.3 is 14.3 Å². The molecule has 4 rings (SSSR count). The van der Waals surface area contributed by atoms with E-state index in [0.717, 1.165) is 21.8 Å². The van der Waals surface area contributed by atoms with Crippen molar-refractivity contribution in [2.45, 2.75) is 11.8 Å². The van der Waals surface area contributed by atoms with Gasteiger partial charge in [0.1, 0.15) is 17.3 Å². The summed E-state index contributed by atoms with van der Waals surface area (Å²) < 4.78 is 12.6. The van der Waals surface area contributed by atoms with Crippen LogP contribution >= 0.6 is 39.3 Å². The van der Waals surface area contributed by atoms with E-state index in [1.807, 2.05) is 36.4 Å². The Bertz CT molecular complexity index is 1290. The van der Waals surface area contributed by atoms with Crippen LogP contribution in [-0.2, 0) is 11.4 Å². The Kier molecular flexibility index (Phi) is 7.49. The number of benzene rings is 3. The minimum atomic E-state index is -1.12. The second-order valence-electron chi connectivity index (χ2n) is 6.75. The lowest BCUT2D eigenvalue weighted by Crippen LogP contribution is -1.99. The van der Waals surface area contributed by atoms with Gasteiger partial charge in [0, 0.05) is 20.6 Å². The summed E-state index contributed by atoms with van der Waals surface area (Å²) in [6, 6.07) is 21.9. The molecule has 0 atom stereocenters. The van der Waals surface area contributed by atoms with Gasteiger partial charge >= 0.3 is 5.97 Å². The lowest BCUT2D eigenvalue weighted by atomic mass is 10.2. The molecule has 3 aromatic carbocycles. The number of carboxylic acid groups (broad SMARTS) is 1. The minimum absolute atomic E-state index is 0.0148. The molecule has 6 nitrogen and oxygen atoms in total. The topological polar surface area (TPSA) is 85.5 Å². The van der Waals surface area contributed by atoms with Crippen molar-refractivity contribution in [2.24, 2.45) is 0 Å². The fraction of sp³-hybridized carbons (Fsp3) is 0.0417. The van der Waals surface area contributed by atoms with E-state index in [9.17, 15) is 9.90 Å². The Balaban J connectivity index is 1.53. The fourth-order valence-corrected chi connectivity index (χ4v) is 3.86. The number of carbonyl (C=O) groups is 1. The van der Waals surface area contributed by atoms with Crippen molar-refractivity contribution in [3.05, 3.63) is 98.3 Å². The Morgan fingerprint density at radius 3 is 2.52 bits per heavy atom. The lowest BCUT2D eigenvalue weighted by Gasteiger charge is -2.10. The zero-order valence-electron chi connectivity index (χ0n) is 16.9. The molecule has 166 valence electrons. The third-order valence-electron chi connectivity index (χ3n) is 4.42. The summed E-state index contributed by atoms with van der Waals surface area (Å²) in [6.07, 6.45) is 1.52. The maximum atomic E-state index is 11.9. The van der Waals surface area contributed by atoms with E-state index in [0.29, 0.717) is 28.5 Å². The minimum Gasteiger partial charge on any atom is -0.488 e. The highest BCUT2D eigenvalue weighted by Gasteiger charge is 2.17. The second kappa shape index (κ2) is 10.7. The van der Waals surface area contributed by atoms with E-state index < -0.39 is 5.97 Å². The molecule has 1 N–H and O–H groups in total. The first-order valence-corrected chi connectivity index (χ1v) is 11.7. The summed E-state index contributed by atoms with van der Waals surface area (Å²) in [5.41, 5.74) is 2.30. The van der Waals surface area contributed by atoms with E-state index in [2.05, 4.69) is 26.1 Å². The number of para-hydroxylation sites is 1. The number of hydrogen-bond acceptors (Lipinski definition) is 6. The van der Waals surface area contributed by atoms with Crippen molar-refractivity contribution in [2.75, 3.05) is 0 Å². The Labute approximate surface area is 207 Å². The summed E-state index contributed by atoms with van der Waals surface area (Å²) >= 11 is 10.2. The van der Waals surface area contributed by atoms with Crippen LogP contribution in [0, 0.1) is 0 Å². The van der Waals surface area contributed by atoms with Crippen molar-refractivity contribution in [3.63, 3.8) is 0 Å². The largest absolute Gasteiger partial charge is 0.488 e. The normalized spacial score (nSPS) is 11.4.